The third-order valence-electron chi connectivity index (χ3n) is 5.94. The first-order valence-corrected chi connectivity index (χ1v) is 11.5. The van der Waals surface area contributed by atoms with Crippen LogP contribution in [0.2, 0.25) is 0 Å². The molecule has 0 unspecified atom stereocenters. The van der Waals surface area contributed by atoms with Crippen LogP contribution in [0.4, 0.5) is 11.8 Å². The topological polar surface area (TPSA) is 127 Å². The Morgan fingerprint density at radius 1 is 0.861 bits per heavy atom. The van der Waals surface area contributed by atoms with Gasteiger partial charge in [-0.1, -0.05) is 0 Å². The number of hydrogen-bond donors (Lipinski definition) is 1. The van der Waals surface area contributed by atoms with Crippen molar-refractivity contribution in [1.82, 2.24) is 45.1 Å². The summed E-state index contributed by atoms with van der Waals surface area (Å²) in [6.45, 7) is 2.98. The second kappa shape index (κ2) is 9.41. The van der Waals surface area contributed by atoms with Crippen LogP contribution in [0.15, 0.2) is 67.3 Å². The van der Waals surface area contributed by atoms with Crippen LogP contribution in [0.1, 0.15) is 0 Å². The highest BCUT2D eigenvalue weighted by atomic mass is 16.5. The smallest absolute Gasteiger partial charge is 0.225 e. The van der Waals surface area contributed by atoms with Crippen molar-refractivity contribution in [3.05, 3.63) is 67.3 Å². The SMILES string of the molecule is COc1ccc(-n2nc(-c3nc(-c4cccnc4)n[nH]3)c(N3CCN(c4ncccn4)CC3)n2)cc1. The van der Waals surface area contributed by atoms with E-state index in [4.69, 9.17) is 19.9 Å². The van der Waals surface area contributed by atoms with Crippen LogP contribution in [0.25, 0.3) is 28.6 Å². The lowest BCUT2D eigenvalue weighted by Crippen LogP contribution is -2.47. The van der Waals surface area contributed by atoms with Crippen LogP contribution < -0.4 is 14.5 Å². The fourth-order valence-corrected chi connectivity index (χ4v) is 4.06. The van der Waals surface area contributed by atoms with E-state index < -0.39 is 0 Å². The van der Waals surface area contributed by atoms with Gasteiger partial charge in [-0.2, -0.15) is 5.10 Å². The van der Waals surface area contributed by atoms with E-state index in [0.29, 0.717) is 17.3 Å². The average molecular weight is 482 g/mol. The number of methoxy groups -OCH3 is 1. The lowest BCUT2D eigenvalue weighted by atomic mass is 10.2. The van der Waals surface area contributed by atoms with Gasteiger partial charge in [0.2, 0.25) is 5.95 Å². The molecule has 1 aromatic carbocycles. The van der Waals surface area contributed by atoms with Crippen molar-refractivity contribution in [1.29, 1.82) is 0 Å². The van der Waals surface area contributed by atoms with Crippen LogP contribution in [0, 0.1) is 0 Å². The van der Waals surface area contributed by atoms with Crippen molar-refractivity contribution in [2.45, 2.75) is 0 Å². The normalized spacial score (nSPS) is 13.7. The van der Waals surface area contributed by atoms with E-state index >= 15 is 0 Å². The zero-order chi connectivity index (χ0) is 24.3. The van der Waals surface area contributed by atoms with Gasteiger partial charge < -0.3 is 14.5 Å². The van der Waals surface area contributed by atoms with Crippen molar-refractivity contribution in [2.75, 3.05) is 43.1 Å². The number of nitrogens with one attached hydrogen (secondary N) is 1. The van der Waals surface area contributed by atoms with Crippen LogP contribution in [-0.4, -0.2) is 78.4 Å². The number of piperazine rings is 1. The van der Waals surface area contributed by atoms with Gasteiger partial charge in [-0.15, -0.1) is 15.0 Å². The second-order valence-corrected chi connectivity index (χ2v) is 8.13. The number of hydrogen-bond acceptors (Lipinski definition) is 10. The molecule has 1 saturated heterocycles. The van der Waals surface area contributed by atoms with Crippen molar-refractivity contribution >= 4 is 11.8 Å². The fraction of sp³-hybridized carbons (Fsp3) is 0.208. The number of H-pyrrole nitrogens is 1. The minimum Gasteiger partial charge on any atom is -0.497 e. The van der Waals surface area contributed by atoms with Crippen molar-refractivity contribution in [3.8, 4) is 34.3 Å². The van der Waals surface area contributed by atoms with Gasteiger partial charge in [0.25, 0.3) is 0 Å². The van der Waals surface area contributed by atoms with E-state index in [1.165, 1.54) is 0 Å². The molecular formula is C24H23N11O. The maximum Gasteiger partial charge on any atom is 0.225 e. The van der Waals surface area contributed by atoms with E-state index in [1.54, 1.807) is 36.7 Å². The van der Waals surface area contributed by atoms with E-state index in [2.05, 4.69) is 34.9 Å². The Morgan fingerprint density at radius 2 is 1.64 bits per heavy atom. The molecule has 5 aromatic rings. The lowest BCUT2D eigenvalue weighted by Gasteiger charge is -2.34. The standard InChI is InChI=1S/C24H23N11O/c1-36-19-7-5-18(6-8-19)35-31-20(22-28-21(29-30-22)17-4-2-9-25-16-17)23(32-35)33-12-14-34(15-13-33)24-26-10-3-11-27-24/h2-11,16H,12-15H2,1H3,(H,28,29,30). The lowest BCUT2D eigenvalue weighted by molar-refractivity contribution is 0.414. The molecule has 6 rings (SSSR count). The molecule has 1 fully saturated rings. The van der Waals surface area contributed by atoms with Crippen LogP contribution in [-0.2, 0) is 0 Å². The van der Waals surface area contributed by atoms with Gasteiger partial charge in [0.05, 0.1) is 12.8 Å². The van der Waals surface area contributed by atoms with Gasteiger partial charge in [0.1, 0.15) is 5.75 Å². The Kier molecular flexibility index (Phi) is 5.66. The molecule has 12 heteroatoms. The summed E-state index contributed by atoms with van der Waals surface area (Å²) in [6.07, 6.45) is 6.97. The summed E-state index contributed by atoms with van der Waals surface area (Å²) in [5.74, 6) is 3.32. The molecule has 0 bridgehead atoms. The van der Waals surface area contributed by atoms with Gasteiger partial charge in [-0.25, -0.2) is 15.0 Å². The molecule has 1 aliphatic rings. The second-order valence-electron chi connectivity index (χ2n) is 8.13. The molecular weight excluding hydrogens is 458 g/mol. The van der Waals surface area contributed by atoms with Crippen LogP contribution in [0.3, 0.4) is 0 Å². The largest absolute Gasteiger partial charge is 0.497 e. The van der Waals surface area contributed by atoms with E-state index in [0.717, 1.165) is 54.9 Å². The number of pyridine rings is 1. The number of nitrogens with zero attached hydrogens (tertiary/aromatic N) is 10. The molecule has 5 heterocycles. The summed E-state index contributed by atoms with van der Waals surface area (Å²) >= 11 is 0. The van der Waals surface area contributed by atoms with E-state index in [1.807, 2.05) is 42.5 Å². The average Bonchev–Trinajstić information content (AvgIpc) is 3.62. The van der Waals surface area contributed by atoms with E-state index in [9.17, 15) is 0 Å². The molecule has 4 aromatic heterocycles. The highest BCUT2D eigenvalue weighted by Gasteiger charge is 2.27. The fourth-order valence-electron chi connectivity index (χ4n) is 4.06. The van der Waals surface area contributed by atoms with Crippen molar-refractivity contribution < 1.29 is 4.74 Å². The number of aromatic nitrogens is 9. The highest BCUT2D eigenvalue weighted by molar-refractivity contribution is 5.69. The molecule has 0 radical (unpaired) electrons. The molecule has 180 valence electrons. The Balaban J connectivity index is 1.33. The molecule has 1 N–H and O–H groups in total. The summed E-state index contributed by atoms with van der Waals surface area (Å²) in [5, 5.41) is 17.1. The van der Waals surface area contributed by atoms with Gasteiger partial charge in [-0.05, 0) is 42.5 Å². The minimum absolute atomic E-state index is 0.539. The molecule has 0 atom stereocenters. The number of benzene rings is 1. The summed E-state index contributed by atoms with van der Waals surface area (Å²) in [7, 11) is 1.64. The minimum atomic E-state index is 0.539. The Bertz CT molecular complexity index is 1430. The third-order valence-corrected chi connectivity index (χ3v) is 5.94. The zero-order valence-electron chi connectivity index (χ0n) is 19.6. The quantitative estimate of drug-likeness (QED) is 0.386. The number of anilines is 2. The first-order valence-electron chi connectivity index (χ1n) is 11.5. The predicted molar refractivity (Wildman–Crippen MR) is 133 cm³/mol. The van der Waals surface area contributed by atoms with Gasteiger partial charge in [0.15, 0.2) is 23.2 Å². The molecule has 1 aliphatic heterocycles. The number of rotatable bonds is 6. The van der Waals surface area contributed by atoms with Gasteiger partial charge >= 0.3 is 0 Å². The predicted octanol–water partition coefficient (Wildman–Crippen LogP) is 2.24. The van der Waals surface area contributed by atoms with E-state index in [-0.39, 0.29) is 0 Å². The molecule has 0 amide bonds. The van der Waals surface area contributed by atoms with Crippen LogP contribution in [0.5, 0.6) is 5.75 Å². The summed E-state index contributed by atoms with van der Waals surface area (Å²) in [5.41, 5.74) is 2.25. The Labute approximate surface area is 206 Å². The number of aromatic amines is 1. The van der Waals surface area contributed by atoms with Gasteiger partial charge in [-0.3, -0.25) is 10.1 Å². The first-order chi connectivity index (χ1) is 17.8. The maximum absolute atomic E-state index is 5.29. The van der Waals surface area contributed by atoms with Crippen molar-refractivity contribution in [2.24, 2.45) is 0 Å². The summed E-state index contributed by atoms with van der Waals surface area (Å²) in [6, 6.07) is 13.2. The molecule has 0 saturated carbocycles. The Hall–Kier alpha value is -4.87. The molecule has 36 heavy (non-hydrogen) atoms. The number of ether oxygens (including phenoxy) is 1. The zero-order valence-corrected chi connectivity index (χ0v) is 19.6. The third kappa shape index (κ3) is 4.19. The highest BCUT2D eigenvalue weighted by Crippen LogP contribution is 2.29. The van der Waals surface area contributed by atoms with Gasteiger partial charge in [0, 0.05) is 56.5 Å². The Morgan fingerprint density at radius 3 is 2.36 bits per heavy atom. The first kappa shape index (κ1) is 21.6. The summed E-state index contributed by atoms with van der Waals surface area (Å²) < 4.78 is 5.29. The van der Waals surface area contributed by atoms with Crippen LogP contribution >= 0.6 is 0 Å². The monoisotopic (exact) mass is 481 g/mol. The molecule has 0 aliphatic carbocycles. The molecule has 0 spiro atoms. The maximum atomic E-state index is 5.29. The van der Waals surface area contributed by atoms with Crippen molar-refractivity contribution in [3.63, 3.8) is 0 Å². The molecule has 12 nitrogen and oxygen atoms in total. The summed E-state index contributed by atoms with van der Waals surface area (Å²) in [4.78, 5) is 23.6.